The molecule has 1 aromatic carbocycles. The molecule has 0 bridgehead atoms. The molecule has 2 aromatic rings. The summed E-state index contributed by atoms with van der Waals surface area (Å²) in [4.78, 5) is 42.2. The molecule has 9 heteroatoms. The van der Waals surface area contributed by atoms with E-state index in [0.717, 1.165) is 25.7 Å². The number of nitrogens with two attached hydrogens (primary N) is 1. The normalized spacial score (nSPS) is 10.8. The summed E-state index contributed by atoms with van der Waals surface area (Å²) in [6.45, 7) is 4.75. The molecule has 0 aliphatic heterocycles. The van der Waals surface area contributed by atoms with E-state index in [9.17, 15) is 14.4 Å². The molecule has 1 heterocycles. The Balaban J connectivity index is 2.47. The predicted molar refractivity (Wildman–Crippen MR) is 126 cm³/mol. The van der Waals surface area contributed by atoms with E-state index in [4.69, 9.17) is 15.2 Å². The Bertz CT molecular complexity index is 1030. The molecule has 3 N–H and O–H groups in total. The van der Waals surface area contributed by atoms with Crippen molar-refractivity contribution in [3.05, 3.63) is 44.6 Å². The molecule has 9 nitrogen and oxygen atoms in total. The third kappa shape index (κ3) is 5.93. The van der Waals surface area contributed by atoms with E-state index in [2.05, 4.69) is 11.9 Å². The zero-order valence-corrected chi connectivity index (χ0v) is 19.4. The summed E-state index contributed by atoms with van der Waals surface area (Å²) in [6.07, 6.45) is 4.14. The van der Waals surface area contributed by atoms with Crippen molar-refractivity contribution in [3.8, 4) is 11.5 Å². The van der Waals surface area contributed by atoms with Gasteiger partial charge in [0.05, 0.1) is 20.6 Å². The SMILES string of the molecule is CCCCCN(C(=O)Cc1ccc(OC)cc1OC)c1c(N)n(CCCC)c(=O)[nH]c1=O. The maximum Gasteiger partial charge on any atom is 0.330 e. The predicted octanol–water partition coefficient (Wildman–Crippen LogP) is 2.70. The Kier molecular flexibility index (Phi) is 9.37. The summed E-state index contributed by atoms with van der Waals surface area (Å²) >= 11 is 0. The van der Waals surface area contributed by atoms with Gasteiger partial charge in [-0.25, -0.2) is 4.79 Å². The smallest absolute Gasteiger partial charge is 0.330 e. The van der Waals surface area contributed by atoms with E-state index in [1.54, 1.807) is 25.3 Å². The van der Waals surface area contributed by atoms with Crippen LogP contribution in [0.1, 0.15) is 51.5 Å². The molecular weight excluding hydrogens is 412 g/mol. The summed E-state index contributed by atoms with van der Waals surface area (Å²) in [6, 6.07) is 5.21. The van der Waals surface area contributed by atoms with Crippen molar-refractivity contribution in [2.45, 2.75) is 58.9 Å². The van der Waals surface area contributed by atoms with Crippen molar-refractivity contribution in [2.75, 3.05) is 31.4 Å². The van der Waals surface area contributed by atoms with E-state index in [1.165, 1.54) is 16.6 Å². The summed E-state index contributed by atoms with van der Waals surface area (Å²) in [5.41, 5.74) is 5.72. The van der Waals surface area contributed by atoms with Crippen LogP contribution in [0.25, 0.3) is 0 Å². The third-order valence-corrected chi connectivity index (χ3v) is 5.34. The first-order valence-electron chi connectivity index (χ1n) is 11.0. The minimum absolute atomic E-state index is 0.00621. The molecule has 0 fully saturated rings. The average molecular weight is 447 g/mol. The van der Waals surface area contributed by atoms with Gasteiger partial charge >= 0.3 is 5.69 Å². The Morgan fingerprint density at radius 1 is 1.09 bits per heavy atom. The number of methoxy groups -OCH3 is 2. The lowest BCUT2D eigenvalue weighted by molar-refractivity contribution is -0.118. The first-order valence-corrected chi connectivity index (χ1v) is 11.0. The van der Waals surface area contributed by atoms with Crippen LogP contribution >= 0.6 is 0 Å². The second-order valence-electron chi connectivity index (χ2n) is 7.61. The topological polar surface area (TPSA) is 120 Å². The van der Waals surface area contributed by atoms with E-state index in [1.807, 2.05) is 6.92 Å². The average Bonchev–Trinajstić information content (AvgIpc) is 2.78. The fourth-order valence-electron chi connectivity index (χ4n) is 3.51. The number of hydrogen-bond acceptors (Lipinski definition) is 6. The van der Waals surface area contributed by atoms with Crippen LogP contribution in [-0.4, -0.2) is 36.2 Å². The van der Waals surface area contributed by atoms with Crippen LogP contribution in [0, 0.1) is 0 Å². The van der Waals surface area contributed by atoms with Crippen molar-refractivity contribution in [1.82, 2.24) is 9.55 Å². The molecule has 0 radical (unpaired) electrons. The summed E-state index contributed by atoms with van der Waals surface area (Å²) < 4.78 is 12.0. The maximum absolute atomic E-state index is 13.4. The highest BCUT2D eigenvalue weighted by Crippen LogP contribution is 2.26. The fourth-order valence-corrected chi connectivity index (χ4v) is 3.51. The van der Waals surface area contributed by atoms with Gasteiger partial charge < -0.3 is 20.1 Å². The molecule has 2 rings (SSSR count). The number of carbonyl (C=O) groups is 1. The number of H-pyrrole nitrogens is 1. The Morgan fingerprint density at radius 2 is 1.81 bits per heavy atom. The second-order valence-corrected chi connectivity index (χ2v) is 7.61. The van der Waals surface area contributed by atoms with Crippen LogP contribution in [0.3, 0.4) is 0 Å². The van der Waals surface area contributed by atoms with Crippen LogP contribution < -0.4 is 31.4 Å². The Hall–Kier alpha value is -3.23. The molecule has 0 aliphatic carbocycles. The molecule has 176 valence electrons. The molecule has 0 spiro atoms. The van der Waals surface area contributed by atoms with Gasteiger partial charge in [0.2, 0.25) is 5.91 Å². The molecule has 0 atom stereocenters. The molecule has 0 saturated carbocycles. The van der Waals surface area contributed by atoms with Crippen molar-refractivity contribution < 1.29 is 14.3 Å². The van der Waals surface area contributed by atoms with Crippen LogP contribution in [-0.2, 0) is 17.8 Å². The number of amides is 1. The number of aromatic nitrogens is 2. The first-order chi connectivity index (χ1) is 15.4. The first kappa shape index (κ1) is 25.0. The van der Waals surface area contributed by atoms with Crippen molar-refractivity contribution >= 4 is 17.4 Å². The van der Waals surface area contributed by atoms with Gasteiger partial charge in [-0.05, 0) is 18.9 Å². The molecule has 0 aliphatic rings. The van der Waals surface area contributed by atoms with E-state index in [0.29, 0.717) is 36.6 Å². The zero-order chi connectivity index (χ0) is 23.7. The van der Waals surface area contributed by atoms with Crippen LogP contribution in [0.2, 0.25) is 0 Å². The Labute approximate surface area is 188 Å². The van der Waals surface area contributed by atoms with Gasteiger partial charge in [-0.2, -0.15) is 0 Å². The number of ether oxygens (including phenoxy) is 2. The molecule has 1 aromatic heterocycles. The van der Waals surface area contributed by atoms with Crippen LogP contribution in [0.5, 0.6) is 11.5 Å². The number of aromatic amines is 1. The lowest BCUT2D eigenvalue weighted by Gasteiger charge is -2.25. The monoisotopic (exact) mass is 446 g/mol. The highest BCUT2D eigenvalue weighted by molar-refractivity contribution is 5.97. The van der Waals surface area contributed by atoms with E-state index < -0.39 is 11.2 Å². The summed E-state index contributed by atoms with van der Waals surface area (Å²) in [5, 5.41) is 0. The number of nitrogens with zero attached hydrogens (tertiary/aromatic N) is 2. The van der Waals surface area contributed by atoms with Gasteiger partial charge in [-0.15, -0.1) is 0 Å². The van der Waals surface area contributed by atoms with Gasteiger partial charge in [0, 0.05) is 24.7 Å². The van der Waals surface area contributed by atoms with E-state index >= 15 is 0 Å². The number of rotatable bonds is 12. The number of anilines is 2. The number of hydrogen-bond donors (Lipinski definition) is 2. The van der Waals surface area contributed by atoms with Gasteiger partial charge in [0.25, 0.3) is 5.56 Å². The van der Waals surface area contributed by atoms with Crippen molar-refractivity contribution in [1.29, 1.82) is 0 Å². The highest BCUT2D eigenvalue weighted by Gasteiger charge is 2.25. The largest absolute Gasteiger partial charge is 0.497 e. The number of nitrogen functional groups attached to an aromatic ring is 1. The Morgan fingerprint density at radius 3 is 2.44 bits per heavy atom. The van der Waals surface area contributed by atoms with Crippen molar-refractivity contribution in [3.63, 3.8) is 0 Å². The van der Waals surface area contributed by atoms with Gasteiger partial charge in [-0.3, -0.25) is 19.1 Å². The number of carbonyl (C=O) groups excluding carboxylic acids is 1. The van der Waals surface area contributed by atoms with Gasteiger partial charge in [0.1, 0.15) is 17.3 Å². The highest BCUT2D eigenvalue weighted by atomic mass is 16.5. The molecular formula is C23H34N4O5. The summed E-state index contributed by atoms with van der Waals surface area (Å²) in [5.74, 6) is 0.837. The lowest BCUT2D eigenvalue weighted by atomic mass is 10.1. The zero-order valence-electron chi connectivity index (χ0n) is 19.4. The molecule has 1 amide bonds. The van der Waals surface area contributed by atoms with Crippen molar-refractivity contribution in [2.24, 2.45) is 0 Å². The minimum Gasteiger partial charge on any atom is -0.497 e. The van der Waals surface area contributed by atoms with E-state index in [-0.39, 0.29) is 23.8 Å². The quantitative estimate of drug-likeness (QED) is 0.484. The molecule has 32 heavy (non-hydrogen) atoms. The summed E-state index contributed by atoms with van der Waals surface area (Å²) in [7, 11) is 3.08. The number of nitrogens with one attached hydrogen (secondary N) is 1. The fraction of sp³-hybridized carbons (Fsp3) is 0.522. The van der Waals surface area contributed by atoms with Gasteiger partial charge in [0.15, 0.2) is 5.69 Å². The van der Waals surface area contributed by atoms with Gasteiger partial charge in [-0.1, -0.05) is 39.2 Å². The number of unbranched alkanes of at least 4 members (excludes halogenated alkanes) is 3. The third-order valence-electron chi connectivity index (χ3n) is 5.34. The maximum atomic E-state index is 13.4. The number of benzene rings is 1. The standard InChI is InChI=1S/C23H34N4O5/c1-5-7-9-13-26(19(28)14-16-10-11-17(31-3)15-18(16)32-4)20-21(24)27(12-8-6-2)23(30)25-22(20)29/h10-11,15H,5-9,12-14,24H2,1-4H3,(H,25,29,30). The second kappa shape index (κ2) is 12.0. The van der Waals surface area contributed by atoms with Crippen LogP contribution in [0.4, 0.5) is 11.5 Å². The molecule has 0 unspecified atom stereocenters. The van der Waals surface area contributed by atoms with Crippen LogP contribution in [0.15, 0.2) is 27.8 Å². The lowest BCUT2D eigenvalue weighted by Crippen LogP contribution is -2.42. The molecule has 0 saturated heterocycles. The minimum atomic E-state index is -0.660.